The molecule has 4 heteroatoms. The zero-order valence-electron chi connectivity index (χ0n) is 15.1. The van der Waals surface area contributed by atoms with E-state index in [0.29, 0.717) is 0 Å². The summed E-state index contributed by atoms with van der Waals surface area (Å²) in [4.78, 5) is 0. The summed E-state index contributed by atoms with van der Waals surface area (Å²) in [5.41, 5.74) is 5.27. The van der Waals surface area contributed by atoms with Crippen molar-refractivity contribution in [3.8, 4) is 5.75 Å². The van der Waals surface area contributed by atoms with Crippen LogP contribution < -0.4 is 4.74 Å². The van der Waals surface area contributed by atoms with Crippen LogP contribution in [0.2, 0.25) is 19.6 Å². The Morgan fingerprint density at radius 2 is 2.04 bits per heavy atom. The molecule has 0 aromatic heterocycles. The molecule has 1 fully saturated rings. The van der Waals surface area contributed by atoms with Crippen molar-refractivity contribution in [2.45, 2.75) is 57.7 Å². The Balaban J connectivity index is 2.07. The summed E-state index contributed by atoms with van der Waals surface area (Å²) in [6.07, 6.45) is 4.13. The first-order valence-corrected chi connectivity index (χ1v) is 12.0. The van der Waals surface area contributed by atoms with Gasteiger partial charge in [-0.3, -0.25) is 0 Å². The molecule has 0 spiro atoms. The summed E-state index contributed by atoms with van der Waals surface area (Å²) in [7, 11) is 2.20. The fourth-order valence-corrected chi connectivity index (χ4v) is 4.50. The summed E-state index contributed by atoms with van der Waals surface area (Å²) < 4.78 is 16.9. The maximum absolute atomic E-state index is 6.17. The van der Waals surface area contributed by atoms with Crippen molar-refractivity contribution >= 4 is 8.07 Å². The van der Waals surface area contributed by atoms with Gasteiger partial charge in [-0.2, -0.15) is 0 Å². The number of methoxy groups -OCH3 is 2. The molecule has 0 bridgehead atoms. The number of benzene rings is 1. The molecule has 1 aliphatic rings. The third-order valence-electron chi connectivity index (χ3n) is 4.11. The standard InChI is InChI=1S/C19H30O3Si/c1-20-17-8-6-7-15(13-17)9-11-18-16(14-23(3,4)5)10-12-19(21-2)22-18/h6-8,13-14,18-19H,9-12H2,1-5H3/b16-14-/t18-,19?/m0/s1. The van der Waals surface area contributed by atoms with E-state index in [1.54, 1.807) is 14.2 Å². The number of hydrogen-bond acceptors (Lipinski definition) is 3. The van der Waals surface area contributed by atoms with E-state index in [1.165, 1.54) is 11.1 Å². The van der Waals surface area contributed by atoms with E-state index >= 15 is 0 Å². The van der Waals surface area contributed by atoms with Crippen LogP contribution in [-0.2, 0) is 15.9 Å². The lowest BCUT2D eigenvalue weighted by Gasteiger charge is -2.33. The molecule has 1 aromatic rings. The summed E-state index contributed by atoms with van der Waals surface area (Å²) in [5, 5.41) is 0. The average Bonchev–Trinajstić information content (AvgIpc) is 2.52. The van der Waals surface area contributed by atoms with Crippen molar-refractivity contribution in [3.05, 3.63) is 41.1 Å². The Morgan fingerprint density at radius 1 is 1.26 bits per heavy atom. The van der Waals surface area contributed by atoms with Crippen LogP contribution in [0.25, 0.3) is 0 Å². The van der Waals surface area contributed by atoms with Crippen molar-refractivity contribution in [2.24, 2.45) is 0 Å². The number of hydrogen-bond donors (Lipinski definition) is 0. The molecule has 2 atom stereocenters. The van der Waals surface area contributed by atoms with Crippen LogP contribution in [0.4, 0.5) is 0 Å². The maximum atomic E-state index is 6.17. The van der Waals surface area contributed by atoms with Crippen LogP contribution in [0.3, 0.4) is 0 Å². The first kappa shape index (κ1) is 18.2. The topological polar surface area (TPSA) is 27.7 Å². The van der Waals surface area contributed by atoms with Crippen LogP contribution >= 0.6 is 0 Å². The smallest absolute Gasteiger partial charge is 0.158 e. The second-order valence-corrected chi connectivity index (χ2v) is 12.3. The largest absolute Gasteiger partial charge is 0.497 e. The first-order chi connectivity index (χ1) is 10.9. The highest BCUT2D eigenvalue weighted by Crippen LogP contribution is 2.29. The fourth-order valence-electron chi connectivity index (χ4n) is 3.06. The predicted octanol–water partition coefficient (Wildman–Crippen LogP) is 4.58. The lowest BCUT2D eigenvalue weighted by atomic mass is 9.96. The van der Waals surface area contributed by atoms with E-state index in [4.69, 9.17) is 14.2 Å². The lowest BCUT2D eigenvalue weighted by molar-refractivity contribution is -0.164. The zero-order chi connectivity index (χ0) is 16.9. The molecule has 3 nitrogen and oxygen atoms in total. The molecule has 1 aromatic carbocycles. The molecule has 0 saturated carbocycles. The molecule has 0 amide bonds. The van der Waals surface area contributed by atoms with Crippen molar-refractivity contribution in [1.29, 1.82) is 0 Å². The van der Waals surface area contributed by atoms with Gasteiger partial charge in [-0.25, -0.2) is 0 Å². The van der Waals surface area contributed by atoms with Crippen LogP contribution in [-0.4, -0.2) is 34.7 Å². The van der Waals surface area contributed by atoms with Gasteiger partial charge in [0.25, 0.3) is 0 Å². The summed E-state index contributed by atoms with van der Waals surface area (Å²) in [5.74, 6) is 0.916. The highest BCUT2D eigenvalue weighted by Gasteiger charge is 2.27. The van der Waals surface area contributed by atoms with Gasteiger partial charge in [0, 0.05) is 13.5 Å². The molecule has 1 aliphatic heterocycles. The minimum atomic E-state index is -1.24. The van der Waals surface area contributed by atoms with Crippen molar-refractivity contribution in [2.75, 3.05) is 14.2 Å². The second kappa shape index (κ2) is 8.13. The highest BCUT2D eigenvalue weighted by atomic mass is 28.3. The Labute approximate surface area is 141 Å². The first-order valence-electron chi connectivity index (χ1n) is 8.44. The van der Waals surface area contributed by atoms with Crippen LogP contribution in [0, 0.1) is 0 Å². The molecule has 0 aliphatic carbocycles. The van der Waals surface area contributed by atoms with Gasteiger partial charge in [0.15, 0.2) is 6.29 Å². The van der Waals surface area contributed by atoms with Crippen LogP contribution in [0.5, 0.6) is 5.75 Å². The Bertz CT molecular complexity index is 534. The molecule has 0 radical (unpaired) electrons. The van der Waals surface area contributed by atoms with Gasteiger partial charge in [0.05, 0.1) is 21.3 Å². The van der Waals surface area contributed by atoms with E-state index in [-0.39, 0.29) is 12.4 Å². The molecule has 1 unspecified atom stereocenters. The van der Waals surface area contributed by atoms with Gasteiger partial charge in [-0.05, 0) is 42.5 Å². The van der Waals surface area contributed by atoms with Gasteiger partial charge in [0.1, 0.15) is 5.75 Å². The Morgan fingerprint density at radius 3 is 2.70 bits per heavy atom. The van der Waals surface area contributed by atoms with Gasteiger partial charge in [-0.15, -0.1) is 0 Å². The SMILES string of the molecule is COc1cccc(CC[C@@H]2OC(OC)CC/C2=C/[Si](C)(C)C)c1. The lowest BCUT2D eigenvalue weighted by Crippen LogP contribution is -2.33. The van der Waals surface area contributed by atoms with Crippen molar-refractivity contribution in [1.82, 2.24) is 0 Å². The molecular weight excluding hydrogens is 304 g/mol. The van der Waals surface area contributed by atoms with Crippen molar-refractivity contribution in [3.63, 3.8) is 0 Å². The zero-order valence-corrected chi connectivity index (χ0v) is 16.1. The molecule has 1 heterocycles. The fraction of sp³-hybridized carbons (Fsp3) is 0.579. The molecule has 1 saturated heterocycles. The number of aryl methyl sites for hydroxylation is 1. The Hall–Kier alpha value is -1.10. The monoisotopic (exact) mass is 334 g/mol. The van der Waals surface area contributed by atoms with Gasteiger partial charge in [-0.1, -0.05) is 37.5 Å². The predicted molar refractivity (Wildman–Crippen MR) is 97.6 cm³/mol. The average molecular weight is 335 g/mol. The van der Waals surface area contributed by atoms with Gasteiger partial charge in [0.2, 0.25) is 0 Å². The quantitative estimate of drug-likeness (QED) is 0.713. The van der Waals surface area contributed by atoms with E-state index < -0.39 is 8.07 Å². The van der Waals surface area contributed by atoms with Crippen LogP contribution in [0.1, 0.15) is 24.8 Å². The van der Waals surface area contributed by atoms with Gasteiger partial charge < -0.3 is 14.2 Å². The molecule has 0 N–H and O–H groups in total. The van der Waals surface area contributed by atoms with E-state index in [9.17, 15) is 0 Å². The third kappa shape index (κ3) is 5.79. The van der Waals surface area contributed by atoms with Gasteiger partial charge >= 0.3 is 0 Å². The number of ether oxygens (including phenoxy) is 3. The second-order valence-electron chi connectivity index (χ2n) is 7.30. The minimum absolute atomic E-state index is 0.0657. The normalized spacial score (nSPS) is 24.0. The number of rotatable bonds is 6. The maximum Gasteiger partial charge on any atom is 0.158 e. The summed E-state index contributed by atoms with van der Waals surface area (Å²) in [6, 6.07) is 8.30. The van der Waals surface area contributed by atoms with E-state index in [0.717, 1.165) is 31.4 Å². The summed E-state index contributed by atoms with van der Waals surface area (Å²) >= 11 is 0. The minimum Gasteiger partial charge on any atom is -0.497 e. The van der Waals surface area contributed by atoms with Crippen LogP contribution in [0.15, 0.2) is 35.5 Å². The Kier molecular flexibility index (Phi) is 6.45. The van der Waals surface area contributed by atoms with E-state index in [1.807, 2.05) is 12.1 Å². The summed E-state index contributed by atoms with van der Waals surface area (Å²) in [6.45, 7) is 7.13. The third-order valence-corrected chi connectivity index (χ3v) is 5.35. The molecule has 23 heavy (non-hydrogen) atoms. The molecule has 2 rings (SSSR count). The van der Waals surface area contributed by atoms with E-state index in [2.05, 4.69) is 37.5 Å². The highest BCUT2D eigenvalue weighted by molar-refractivity contribution is 6.81. The molecular formula is C19H30O3Si. The van der Waals surface area contributed by atoms with Crippen molar-refractivity contribution < 1.29 is 14.2 Å². The molecule has 128 valence electrons.